The molecule has 0 bridgehead atoms. The quantitative estimate of drug-likeness (QED) is 0.763. The Labute approximate surface area is 166 Å². The first-order valence-corrected chi connectivity index (χ1v) is 10.3. The topological polar surface area (TPSA) is 80.6 Å². The van der Waals surface area contributed by atoms with Crippen LogP contribution in [0.25, 0.3) is 0 Å². The van der Waals surface area contributed by atoms with Gasteiger partial charge >= 0.3 is 6.18 Å². The third kappa shape index (κ3) is 5.10. The van der Waals surface area contributed by atoms with E-state index in [1.165, 1.54) is 45.4 Å². The number of nitrogens with zero attached hydrogens (tertiary/aromatic N) is 2. The van der Waals surface area contributed by atoms with Gasteiger partial charge in [0.1, 0.15) is 16.3 Å². The number of benzene rings is 1. The van der Waals surface area contributed by atoms with Gasteiger partial charge in [-0.05, 0) is 43.2 Å². The van der Waals surface area contributed by atoms with Gasteiger partial charge in [0.2, 0.25) is 10.0 Å². The molecule has 1 aromatic heterocycles. The van der Waals surface area contributed by atoms with Crippen molar-refractivity contribution in [3.8, 4) is 5.75 Å². The Morgan fingerprint density at radius 3 is 2.38 bits per heavy atom. The molecule has 0 spiro atoms. The monoisotopic (exact) mass is 431 g/mol. The highest BCUT2D eigenvalue weighted by molar-refractivity contribution is 7.89. The van der Waals surface area contributed by atoms with Crippen molar-refractivity contribution in [3.63, 3.8) is 0 Å². The molecular formula is C18H20F3N3O4S. The summed E-state index contributed by atoms with van der Waals surface area (Å²) in [4.78, 5) is 12.6. The summed E-state index contributed by atoms with van der Waals surface area (Å²) < 4.78 is 69.2. The first-order chi connectivity index (χ1) is 13.6. The first-order valence-electron chi connectivity index (χ1n) is 8.84. The molecule has 0 aliphatic carbocycles. The average Bonchev–Trinajstić information content (AvgIpc) is 3.31. The van der Waals surface area contributed by atoms with Crippen LogP contribution in [0.2, 0.25) is 0 Å². The Morgan fingerprint density at radius 1 is 1.17 bits per heavy atom. The Morgan fingerprint density at radius 2 is 1.79 bits per heavy atom. The number of hydrogen-bond acceptors (Lipinski definition) is 4. The number of amides is 1. The SMILES string of the molecule is Cn1cc(S(=O)(=O)N2CCCC2)cc1C(=O)Nc1ccc(OCC(F)(F)F)cc1. The summed E-state index contributed by atoms with van der Waals surface area (Å²) in [7, 11) is -2.09. The van der Waals surface area contributed by atoms with Gasteiger partial charge in [0.25, 0.3) is 5.91 Å². The van der Waals surface area contributed by atoms with Gasteiger partial charge in [0.15, 0.2) is 6.61 Å². The largest absolute Gasteiger partial charge is 0.484 e. The molecule has 2 aromatic rings. The van der Waals surface area contributed by atoms with Crippen molar-refractivity contribution in [2.75, 3.05) is 25.0 Å². The number of carbonyl (C=O) groups is 1. The van der Waals surface area contributed by atoms with Crippen molar-refractivity contribution in [2.24, 2.45) is 7.05 Å². The first kappa shape index (κ1) is 21.2. The molecule has 7 nitrogen and oxygen atoms in total. The smallest absolute Gasteiger partial charge is 0.422 e. The third-order valence-corrected chi connectivity index (χ3v) is 6.29. The number of hydrogen-bond donors (Lipinski definition) is 1. The predicted molar refractivity (Wildman–Crippen MR) is 99.4 cm³/mol. The zero-order chi connectivity index (χ0) is 21.2. The molecule has 1 amide bonds. The Kier molecular flexibility index (Phi) is 5.90. The summed E-state index contributed by atoms with van der Waals surface area (Å²) in [6.07, 6.45) is -1.44. The minimum Gasteiger partial charge on any atom is -0.484 e. The van der Waals surface area contributed by atoms with E-state index in [1.807, 2.05) is 0 Å². The molecule has 1 aliphatic rings. The number of alkyl halides is 3. The number of ether oxygens (including phenoxy) is 1. The minimum atomic E-state index is -4.44. The number of aromatic nitrogens is 1. The van der Waals surface area contributed by atoms with Crippen LogP contribution in [-0.4, -0.2) is 49.1 Å². The number of rotatable bonds is 6. The van der Waals surface area contributed by atoms with E-state index in [0.29, 0.717) is 18.8 Å². The molecule has 0 unspecified atom stereocenters. The van der Waals surface area contributed by atoms with Gasteiger partial charge in [-0.1, -0.05) is 0 Å². The highest BCUT2D eigenvalue weighted by Crippen LogP contribution is 2.24. The number of halogens is 3. The second-order valence-electron chi connectivity index (χ2n) is 6.67. The van der Waals surface area contributed by atoms with E-state index in [0.717, 1.165) is 12.8 Å². The average molecular weight is 431 g/mol. The lowest BCUT2D eigenvalue weighted by Gasteiger charge is -2.13. The van der Waals surface area contributed by atoms with E-state index in [9.17, 15) is 26.4 Å². The highest BCUT2D eigenvalue weighted by atomic mass is 32.2. The molecule has 1 saturated heterocycles. The summed E-state index contributed by atoms with van der Waals surface area (Å²) in [6, 6.07) is 6.71. The van der Waals surface area contributed by atoms with Crippen molar-refractivity contribution in [2.45, 2.75) is 23.9 Å². The standard InChI is InChI=1S/C18H20F3N3O4S/c1-23-11-15(29(26,27)24-8-2-3-9-24)10-16(23)17(25)22-13-4-6-14(7-5-13)28-12-18(19,20)21/h4-7,10-11H,2-3,8-9,12H2,1H3,(H,22,25). The number of anilines is 1. The van der Waals surface area contributed by atoms with Crippen LogP contribution >= 0.6 is 0 Å². The summed E-state index contributed by atoms with van der Waals surface area (Å²) in [6.45, 7) is -0.487. The molecule has 1 N–H and O–H groups in total. The van der Waals surface area contributed by atoms with E-state index in [2.05, 4.69) is 10.1 Å². The van der Waals surface area contributed by atoms with Crippen LogP contribution in [-0.2, 0) is 17.1 Å². The number of sulfonamides is 1. The molecule has 2 heterocycles. The maximum Gasteiger partial charge on any atom is 0.422 e. The zero-order valence-electron chi connectivity index (χ0n) is 15.6. The van der Waals surface area contributed by atoms with Gasteiger partial charge < -0.3 is 14.6 Å². The van der Waals surface area contributed by atoms with Crippen LogP contribution in [0.1, 0.15) is 23.3 Å². The molecule has 0 radical (unpaired) electrons. The van der Waals surface area contributed by atoms with Crippen molar-refractivity contribution >= 4 is 21.6 Å². The second kappa shape index (κ2) is 8.07. The summed E-state index contributed by atoms with van der Waals surface area (Å²) in [5.41, 5.74) is 0.472. The predicted octanol–water partition coefficient (Wildman–Crippen LogP) is 3.00. The van der Waals surface area contributed by atoms with E-state index in [-0.39, 0.29) is 16.3 Å². The van der Waals surface area contributed by atoms with Gasteiger partial charge in [-0.2, -0.15) is 17.5 Å². The van der Waals surface area contributed by atoms with Crippen LogP contribution in [0, 0.1) is 0 Å². The molecule has 1 aliphatic heterocycles. The molecule has 1 aromatic carbocycles. The fraction of sp³-hybridized carbons (Fsp3) is 0.389. The normalized spacial score (nSPS) is 15.4. The molecule has 1 fully saturated rings. The minimum absolute atomic E-state index is 0.0122. The summed E-state index contributed by atoms with van der Waals surface area (Å²) >= 11 is 0. The molecule has 0 atom stereocenters. The Hall–Kier alpha value is -2.53. The van der Waals surface area contributed by atoms with Gasteiger partial charge in [-0.25, -0.2) is 8.42 Å². The van der Waals surface area contributed by atoms with Crippen LogP contribution in [0.3, 0.4) is 0 Å². The van der Waals surface area contributed by atoms with Crippen molar-refractivity contribution in [1.29, 1.82) is 0 Å². The fourth-order valence-corrected chi connectivity index (χ4v) is 4.56. The maximum absolute atomic E-state index is 12.6. The summed E-state index contributed by atoms with van der Waals surface area (Å²) in [5, 5.41) is 2.59. The molecular weight excluding hydrogens is 411 g/mol. The van der Waals surface area contributed by atoms with Gasteiger partial charge in [0, 0.05) is 32.0 Å². The van der Waals surface area contributed by atoms with Crippen molar-refractivity contribution < 1.29 is 31.1 Å². The molecule has 3 rings (SSSR count). The second-order valence-corrected chi connectivity index (χ2v) is 8.60. The Balaban J connectivity index is 1.69. The lowest BCUT2D eigenvalue weighted by atomic mass is 10.3. The van der Waals surface area contributed by atoms with Gasteiger partial charge in [0.05, 0.1) is 0 Å². The van der Waals surface area contributed by atoms with Crippen LogP contribution < -0.4 is 10.1 Å². The van der Waals surface area contributed by atoms with E-state index < -0.39 is 28.7 Å². The maximum atomic E-state index is 12.6. The van der Waals surface area contributed by atoms with Crippen LogP contribution in [0.15, 0.2) is 41.4 Å². The molecule has 0 saturated carbocycles. The van der Waals surface area contributed by atoms with E-state index >= 15 is 0 Å². The fourth-order valence-electron chi connectivity index (χ4n) is 2.97. The lowest BCUT2D eigenvalue weighted by molar-refractivity contribution is -0.153. The van der Waals surface area contributed by atoms with Gasteiger partial charge in [-0.15, -0.1) is 0 Å². The van der Waals surface area contributed by atoms with Gasteiger partial charge in [-0.3, -0.25) is 4.79 Å². The van der Waals surface area contributed by atoms with Crippen molar-refractivity contribution in [3.05, 3.63) is 42.2 Å². The highest BCUT2D eigenvalue weighted by Gasteiger charge is 2.30. The molecule has 29 heavy (non-hydrogen) atoms. The van der Waals surface area contributed by atoms with E-state index in [1.54, 1.807) is 7.05 Å². The summed E-state index contributed by atoms with van der Waals surface area (Å²) in [5.74, 6) is -0.530. The lowest BCUT2D eigenvalue weighted by Crippen LogP contribution is -2.27. The Bertz CT molecular complexity index is 979. The molecule has 11 heteroatoms. The van der Waals surface area contributed by atoms with Crippen LogP contribution in [0.4, 0.5) is 18.9 Å². The number of carbonyl (C=O) groups excluding carboxylic acids is 1. The zero-order valence-corrected chi connectivity index (χ0v) is 16.4. The number of nitrogens with one attached hydrogen (secondary N) is 1. The number of aryl methyl sites for hydroxylation is 1. The van der Waals surface area contributed by atoms with E-state index in [4.69, 9.17) is 0 Å². The van der Waals surface area contributed by atoms with Crippen LogP contribution in [0.5, 0.6) is 5.75 Å². The molecule has 158 valence electrons. The third-order valence-electron chi connectivity index (χ3n) is 4.43. The van der Waals surface area contributed by atoms with Crippen molar-refractivity contribution in [1.82, 2.24) is 8.87 Å².